The Kier molecular flexibility index (Phi) is 5.69. The van der Waals surface area contributed by atoms with Crippen LogP contribution in [-0.4, -0.2) is 68.8 Å². The number of rotatable bonds is 4. The number of benzene rings is 1. The van der Waals surface area contributed by atoms with Crippen LogP contribution in [0.4, 0.5) is 0 Å². The monoisotopic (exact) mass is 326 g/mol. The van der Waals surface area contributed by atoms with E-state index in [0.717, 1.165) is 6.08 Å². The summed E-state index contributed by atoms with van der Waals surface area (Å²) in [6, 6.07) is 6.12. The van der Waals surface area contributed by atoms with Crippen LogP contribution in [-0.2, 0) is 14.3 Å². The van der Waals surface area contributed by atoms with Crippen molar-refractivity contribution in [3.05, 3.63) is 35.9 Å². The molecular formula is C15H18O8. The van der Waals surface area contributed by atoms with E-state index in [4.69, 9.17) is 14.6 Å². The number of aromatic hydroxyl groups is 1. The Labute approximate surface area is 131 Å². The number of hydrogen-bond donors (Lipinski definition) is 5. The Morgan fingerprint density at radius 1 is 1.09 bits per heavy atom. The van der Waals surface area contributed by atoms with Crippen molar-refractivity contribution in [1.29, 1.82) is 0 Å². The van der Waals surface area contributed by atoms with Crippen LogP contribution in [0, 0.1) is 0 Å². The van der Waals surface area contributed by atoms with Gasteiger partial charge in [-0.25, -0.2) is 4.79 Å². The first kappa shape index (κ1) is 17.4. The van der Waals surface area contributed by atoms with Gasteiger partial charge in [-0.1, -0.05) is 12.1 Å². The third-order valence-corrected chi connectivity index (χ3v) is 3.38. The van der Waals surface area contributed by atoms with E-state index in [1.807, 2.05) is 0 Å². The van der Waals surface area contributed by atoms with Crippen LogP contribution in [0.3, 0.4) is 0 Å². The Hall–Kier alpha value is -1.97. The summed E-state index contributed by atoms with van der Waals surface area (Å²) < 4.78 is 9.74. The minimum atomic E-state index is -1.68. The van der Waals surface area contributed by atoms with Gasteiger partial charge >= 0.3 is 5.97 Å². The molecule has 1 aromatic carbocycles. The van der Waals surface area contributed by atoms with Crippen molar-refractivity contribution in [2.45, 2.75) is 30.7 Å². The molecule has 0 unspecified atom stereocenters. The van der Waals surface area contributed by atoms with Crippen LogP contribution in [0.2, 0.25) is 0 Å². The molecule has 0 aliphatic carbocycles. The predicted octanol–water partition coefficient (Wildman–Crippen LogP) is -1.25. The van der Waals surface area contributed by atoms with Crippen molar-refractivity contribution in [3.63, 3.8) is 0 Å². The number of esters is 1. The Morgan fingerprint density at radius 3 is 2.39 bits per heavy atom. The molecule has 23 heavy (non-hydrogen) atoms. The van der Waals surface area contributed by atoms with E-state index in [0.29, 0.717) is 5.56 Å². The van der Waals surface area contributed by atoms with E-state index >= 15 is 0 Å². The van der Waals surface area contributed by atoms with Gasteiger partial charge in [0.25, 0.3) is 0 Å². The van der Waals surface area contributed by atoms with E-state index in [9.17, 15) is 25.2 Å². The molecule has 1 fully saturated rings. The Morgan fingerprint density at radius 2 is 1.74 bits per heavy atom. The highest BCUT2D eigenvalue weighted by Crippen LogP contribution is 2.20. The van der Waals surface area contributed by atoms with E-state index in [-0.39, 0.29) is 5.75 Å². The van der Waals surface area contributed by atoms with Gasteiger partial charge in [-0.05, 0) is 23.8 Å². The fraction of sp³-hybridized carbons (Fsp3) is 0.400. The van der Waals surface area contributed by atoms with Crippen LogP contribution < -0.4 is 0 Å². The van der Waals surface area contributed by atoms with Crippen molar-refractivity contribution in [3.8, 4) is 5.75 Å². The normalized spacial score (nSPS) is 31.2. The van der Waals surface area contributed by atoms with E-state index in [1.54, 1.807) is 12.1 Å². The van der Waals surface area contributed by atoms with Gasteiger partial charge in [0.2, 0.25) is 0 Å². The first-order chi connectivity index (χ1) is 10.9. The lowest BCUT2D eigenvalue weighted by Gasteiger charge is -2.37. The van der Waals surface area contributed by atoms with Gasteiger partial charge in [0, 0.05) is 6.08 Å². The average Bonchev–Trinajstić information content (AvgIpc) is 2.54. The molecule has 8 heteroatoms. The summed E-state index contributed by atoms with van der Waals surface area (Å²) in [5.74, 6) is -0.614. The minimum absolute atomic E-state index is 0.104. The number of phenolic OH excluding ortho intramolecular Hbond substituents is 1. The smallest absolute Gasteiger partial charge is 0.330 e. The molecule has 5 atom stereocenters. The highest BCUT2D eigenvalue weighted by Gasteiger charge is 2.43. The SMILES string of the molecule is O=C(/C=C/c1ccc(O)cc1)OC[C@@H]1O[C@@H](O)[C@@H](O)[C@@H](O)[C@@H]1O. The van der Waals surface area contributed by atoms with E-state index < -0.39 is 43.3 Å². The molecule has 1 heterocycles. The lowest BCUT2D eigenvalue weighted by Crippen LogP contribution is -2.58. The molecule has 126 valence electrons. The van der Waals surface area contributed by atoms with Gasteiger partial charge in [0.05, 0.1) is 0 Å². The number of aliphatic hydroxyl groups is 4. The van der Waals surface area contributed by atoms with Gasteiger partial charge in [0.1, 0.15) is 36.8 Å². The quantitative estimate of drug-likeness (QED) is 0.342. The number of carbonyl (C=O) groups is 1. The number of hydrogen-bond acceptors (Lipinski definition) is 8. The van der Waals surface area contributed by atoms with Gasteiger partial charge in [-0.3, -0.25) is 0 Å². The maximum Gasteiger partial charge on any atom is 0.330 e. The molecule has 1 saturated heterocycles. The van der Waals surface area contributed by atoms with Crippen LogP contribution in [0.15, 0.2) is 30.3 Å². The summed E-state index contributed by atoms with van der Waals surface area (Å²) in [4.78, 5) is 11.6. The van der Waals surface area contributed by atoms with Crippen molar-refractivity contribution >= 4 is 12.0 Å². The number of aliphatic hydroxyl groups excluding tert-OH is 4. The van der Waals surface area contributed by atoms with Gasteiger partial charge in [-0.2, -0.15) is 0 Å². The van der Waals surface area contributed by atoms with Crippen molar-refractivity contribution < 1.29 is 39.8 Å². The molecular weight excluding hydrogens is 308 g/mol. The highest BCUT2D eigenvalue weighted by atomic mass is 16.6. The first-order valence-corrected chi connectivity index (χ1v) is 6.90. The molecule has 0 radical (unpaired) electrons. The zero-order chi connectivity index (χ0) is 17.0. The number of ether oxygens (including phenoxy) is 2. The second-order valence-electron chi connectivity index (χ2n) is 5.09. The summed E-state index contributed by atoms with van der Waals surface area (Å²) in [6.45, 7) is -0.402. The molecule has 0 amide bonds. The predicted molar refractivity (Wildman–Crippen MR) is 77.0 cm³/mol. The molecule has 0 spiro atoms. The summed E-state index contributed by atoms with van der Waals surface area (Å²) in [6.07, 6.45) is -4.96. The largest absolute Gasteiger partial charge is 0.508 e. The molecule has 0 aromatic heterocycles. The third kappa shape index (κ3) is 4.50. The maximum atomic E-state index is 11.6. The van der Waals surface area contributed by atoms with Crippen molar-refractivity contribution in [2.24, 2.45) is 0 Å². The van der Waals surface area contributed by atoms with Crippen molar-refractivity contribution in [1.82, 2.24) is 0 Å². The Bertz CT molecular complexity index is 555. The lowest BCUT2D eigenvalue weighted by atomic mass is 9.99. The average molecular weight is 326 g/mol. The second-order valence-corrected chi connectivity index (χ2v) is 5.09. The highest BCUT2D eigenvalue weighted by molar-refractivity contribution is 5.87. The first-order valence-electron chi connectivity index (χ1n) is 6.90. The van der Waals surface area contributed by atoms with Crippen LogP contribution in [0.1, 0.15) is 5.56 Å². The molecule has 1 aromatic rings. The second kappa shape index (κ2) is 7.53. The molecule has 5 N–H and O–H groups in total. The molecule has 8 nitrogen and oxygen atoms in total. The summed E-state index contributed by atoms with van der Waals surface area (Å²) in [5.41, 5.74) is 0.669. The summed E-state index contributed by atoms with van der Waals surface area (Å²) in [7, 11) is 0. The minimum Gasteiger partial charge on any atom is -0.508 e. The summed E-state index contributed by atoms with van der Waals surface area (Å²) >= 11 is 0. The van der Waals surface area contributed by atoms with Crippen LogP contribution in [0.5, 0.6) is 5.75 Å². The van der Waals surface area contributed by atoms with Gasteiger partial charge in [-0.15, -0.1) is 0 Å². The maximum absolute atomic E-state index is 11.6. The van der Waals surface area contributed by atoms with Crippen molar-refractivity contribution in [2.75, 3.05) is 6.61 Å². The zero-order valence-electron chi connectivity index (χ0n) is 12.0. The lowest BCUT2D eigenvalue weighted by molar-refractivity contribution is -0.287. The van der Waals surface area contributed by atoms with E-state index in [2.05, 4.69) is 0 Å². The fourth-order valence-electron chi connectivity index (χ4n) is 2.03. The van der Waals surface area contributed by atoms with Gasteiger partial charge < -0.3 is 35.0 Å². The summed E-state index contributed by atoms with van der Waals surface area (Å²) in [5, 5.41) is 47.0. The standard InChI is InChI=1S/C15H18O8/c16-9-4-1-8(2-5-9)3-6-11(17)22-7-10-12(18)13(19)14(20)15(21)23-10/h1-6,10,12-16,18-21H,7H2/b6-3+/t10-,12+,13-,14-,15+/m0/s1. The number of carbonyl (C=O) groups excluding carboxylic acids is 1. The molecule has 2 rings (SSSR count). The molecule has 1 aliphatic rings. The Balaban J connectivity index is 1.85. The molecule has 1 aliphatic heterocycles. The fourth-order valence-corrected chi connectivity index (χ4v) is 2.03. The topological polar surface area (TPSA) is 137 Å². The number of phenols is 1. The molecule has 0 saturated carbocycles. The van der Waals surface area contributed by atoms with Crippen LogP contribution >= 0.6 is 0 Å². The van der Waals surface area contributed by atoms with Gasteiger partial charge in [0.15, 0.2) is 6.29 Å². The van der Waals surface area contributed by atoms with E-state index in [1.165, 1.54) is 18.2 Å². The van der Waals surface area contributed by atoms with Crippen LogP contribution in [0.25, 0.3) is 6.08 Å². The zero-order valence-corrected chi connectivity index (χ0v) is 12.0. The third-order valence-electron chi connectivity index (χ3n) is 3.38. The molecule has 0 bridgehead atoms.